The second-order valence-corrected chi connectivity index (χ2v) is 6.59. The third-order valence-electron chi connectivity index (χ3n) is 4.80. The van der Waals surface area contributed by atoms with Gasteiger partial charge in [-0.3, -0.25) is 0 Å². The molecular formula is C17H26FN3. The van der Waals surface area contributed by atoms with Gasteiger partial charge in [0.25, 0.3) is 0 Å². The van der Waals surface area contributed by atoms with Gasteiger partial charge in [-0.25, -0.2) is 4.39 Å². The molecular weight excluding hydrogens is 265 g/mol. The average molecular weight is 291 g/mol. The Hall–Kier alpha value is -1.13. The van der Waals surface area contributed by atoms with E-state index in [1.807, 2.05) is 19.2 Å². The predicted octanol–water partition coefficient (Wildman–Crippen LogP) is 2.61. The van der Waals surface area contributed by atoms with Crippen LogP contribution in [0.4, 0.5) is 10.1 Å². The smallest absolute Gasteiger partial charge is 0.146 e. The van der Waals surface area contributed by atoms with Crippen LogP contribution in [0.3, 0.4) is 0 Å². The third kappa shape index (κ3) is 3.74. The molecule has 1 aromatic rings. The number of hydrogen-bond acceptors (Lipinski definition) is 3. The first-order valence-corrected chi connectivity index (χ1v) is 8.06. The molecule has 0 aromatic heterocycles. The maximum Gasteiger partial charge on any atom is 0.146 e. The summed E-state index contributed by atoms with van der Waals surface area (Å²) in [6.07, 6.45) is 4.78. The molecule has 0 atom stereocenters. The molecule has 2 aliphatic rings. The lowest BCUT2D eigenvalue weighted by Crippen LogP contribution is -2.42. The van der Waals surface area contributed by atoms with E-state index in [1.165, 1.54) is 18.4 Å². The van der Waals surface area contributed by atoms with E-state index >= 15 is 0 Å². The van der Waals surface area contributed by atoms with E-state index in [1.54, 1.807) is 6.07 Å². The second-order valence-electron chi connectivity index (χ2n) is 6.59. The first kappa shape index (κ1) is 14.8. The van der Waals surface area contributed by atoms with Crippen molar-refractivity contribution < 1.29 is 4.39 Å². The monoisotopic (exact) mass is 291 g/mol. The van der Waals surface area contributed by atoms with E-state index in [2.05, 4.69) is 22.2 Å². The Kier molecular flexibility index (Phi) is 4.45. The minimum atomic E-state index is -0.105. The van der Waals surface area contributed by atoms with Crippen molar-refractivity contribution in [1.82, 2.24) is 10.2 Å². The predicted molar refractivity (Wildman–Crippen MR) is 85.2 cm³/mol. The van der Waals surface area contributed by atoms with Crippen molar-refractivity contribution in [2.24, 2.45) is 0 Å². The van der Waals surface area contributed by atoms with E-state index in [9.17, 15) is 4.39 Å². The quantitative estimate of drug-likeness (QED) is 0.899. The molecule has 116 valence electrons. The summed E-state index contributed by atoms with van der Waals surface area (Å²) in [5.74, 6) is -0.105. The van der Waals surface area contributed by atoms with Gasteiger partial charge in [-0.05, 0) is 63.5 Å². The number of hydrogen-bond donors (Lipinski definition) is 1. The lowest BCUT2D eigenvalue weighted by atomic mass is 10.0. The van der Waals surface area contributed by atoms with Gasteiger partial charge < -0.3 is 15.1 Å². The van der Waals surface area contributed by atoms with E-state index in [0.29, 0.717) is 12.1 Å². The van der Waals surface area contributed by atoms with Gasteiger partial charge in [-0.2, -0.15) is 0 Å². The molecule has 2 fully saturated rings. The summed E-state index contributed by atoms with van der Waals surface area (Å²) >= 11 is 0. The van der Waals surface area contributed by atoms with Gasteiger partial charge in [0, 0.05) is 25.7 Å². The zero-order chi connectivity index (χ0) is 14.8. The number of rotatable bonds is 5. The van der Waals surface area contributed by atoms with Gasteiger partial charge in [0.05, 0.1) is 5.69 Å². The Morgan fingerprint density at radius 2 is 1.95 bits per heavy atom. The normalized spacial score (nSPS) is 20.7. The molecule has 21 heavy (non-hydrogen) atoms. The highest BCUT2D eigenvalue weighted by Crippen LogP contribution is 2.26. The Labute approximate surface area is 127 Å². The molecule has 1 N–H and O–H groups in total. The van der Waals surface area contributed by atoms with E-state index < -0.39 is 0 Å². The average Bonchev–Trinajstić information content (AvgIpc) is 3.31. The van der Waals surface area contributed by atoms with Crippen LogP contribution in [0, 0.1) is 5.82 Å². The molecule has 3 rings (SSSR count). The summed E-state index contributed by atoms with van der Waals surface area (Å²) in [4.78, 5) is 4.49. The molecule has 1 aliphatic carbocycles. The lowest BCUT2D eigenvalue weighted by molar-refractivity contribution is 0.252. The zero-order valence-electron chi connectivity index (χ0n) is 13.1. The summed E-state index contributed by atoms with van der Waals surface area (Å²) in [5, 5.41) is 3.50. The molecule has 1 aromatic carbocycles. The molecule has 1 aliphatic heterocycles. The van der Waals surface area contributed by atoms with Crippen LogP contribution < -0.4 is 10.2 Å². The van der Waals surface area contributed by atoms with Crippen molar-refractivity contribution >= 4 is 5.69 Å². The van der Waals surface area contributed by atoms with Crippen LogP contribution in [-0.4, -0.2) is 44.2 Å². The number of nitrogens with zero attached hydrogens (tertiary/aromatic N) is 2. The number of benzene rings is 1. The van der Waals surface area contributed by atoms with Gasteiger partial charge in [0.1, 0.15) is 5.82 Å². The van der Waals surface area contributed by atoms with Crippen molar-refractivity contribution in [1.29, 1.82) is 0 Å². The largest absolute Gasteiger partial charge is 0.369 e. The molecule has 3 nitrogen and oxygen atoms in total. The molecule has 1 heterocycles. The SMILES string of the molecule is CN1CCC(N(C)c2cc(CNC3CC3)ccc2F)CC1. The molecule has 0 spiro atoms. The standard InChI is InChI=1S/C17H26FN3/c1-20-9-7-15(8-10-20)21(2)17-11-13(3-6-16(17)18)12-19-14-4-5-14/h3,6,11,14-15,19H,4-5,7-10,12H2,1-2H3. The van der Waals surface area contributed by atoms with Gasteiger partial charge in [0.2, 0.25) is 0 Å². The van der Waals surface area contributed by atoms with Crippen molar-refractivity contribution in [3.63, 3.8) is 0 Å². The van der Waals surface area contributed by atoms with Crippen LogP contribution in [0.5, 0.6) is 0 Å². The lowest BCUT2D eigenvalue weighted by Gasteiger charge is -2.36. The van der Waals surface area contributed by atoms with Crippen LogP contribution >= 0.6 is 0 Å². The van der Waals surface area contributed by atoms with Crippen LogP contribution in [0.1, 0.15) is 31.2 Å². The number of nitrogens with one attached hydrogen (secondary N) is 1. The Morgan fingerprint density at radius 1 is 1.24 bits per heavy atom. The molecule has 0 bridgehead atoms. The van der Waals surface area contributed by atoms with Gasteiger partial charge in [-0.1, -0.05) is 6.07 Å². The summed E-state index contributed by atoms with van der Waals surface area (Å²) in [5.41, 5.74) is 1.93. The topological polar surface area (TPSA) is 18.5 Å². The summed E-state index contributed by atoms with van der Waals surface area (Å²) in [6.45, 7) is 3.04. The summed E-state index contributed by atoms with van der Waals surface area (Å²) in [6, 6.07) is 6.66. The Bertz CT molecular complexity index is 479. The second kappa shape index (κ2) is 6.32. The first-order chi connectivity index (χ1) is 10.1. The van der Waals surface area contributed by atoms with Crippen molar-refractivity contribution in [2.45, 2.75) is 44.3 Å². The summed E-state index contributed by atoms with van der Waals surface area (Å²) < 4.78 is 14.2. The fraction of sp³-hybridized carbons (Fsp3) is 0.647. The minimum absolute atomic E-state index is 0.105. The van der Waals surface area contributed by atoms with Crippen LogP contribution in [0.2, 0.25) is 0 Å². The van der Waals surface area contributed by atoms with Crippen molar-refractivity contribution in [3.8, 4) is 0 Å². The number of anilines is 1. The Morgan fingerprint density at radius 3 is 2.62 bits per heavy atom. The van der Waals surface area contributed by atoms with Gasteiger partial charge in [0.15, 0.2) is 0 Å². The maximum absolute atomic E-state index is 14.2. The minimum Gasteiger partial charge on any atom is -0.369 e. The fourth-order valence-corrected chi connectivity index (χ4v) is 3.07. The maximum atomic E-state index is 14.2. The molecule has 1 saturated heterocycles. The number of likely N-dealkylation sites (tertiary alicyclic amines) is 1. The number of halogens is 1. The van der Waals surface area contributed by atoms with Gasteiger partial charge >= 0.3 is 0 Å². The molecule has 0 amide bonds. The molecule has 1 saturated carbocycles. The molecule has 4 heteroatoms. The van der Waals surface area contributed by atoms with Crippen LogP contribution in [0.25, 0.3) is 0 Å². The fourth-order valence-electron chi connectivity index (χ4n) is 3.07. The Balaban J connectivity index is 1.68. The third-order valence-corrected chi connectivity index (χ3v) is 4.80. The van der Waals surface area contributed by atoms with Crippen LogP contribution in [-0.2, 0) is 6.54 Å². The highest BCUT2D eigenvalue weighted by molar-refractivity contribution is 5.50. The first-order valence-electron chi connectivity index (χ1n) is 8.06. The number of piperidine rings is 1. The van der Waals surface area contributed by atoms with Crippen molar-refractivity contribution in [2.75, 3.05) is 32.1 Å². The van der Waals surface area contributed by atoms with E-state index in [0.717, 1.165) is 38.2 Å². The summed E-state index contributed by atoms with van der Waals surface area (Å²) in [7, 11) is 4.19. The molecule has 0 unspecified atom stereocenters. The van der Waals surface area contributed by atoms with E-state index in [4.69, 9.17) is 0 Å². The zero-order valence-corrected chi connectivity index (χ0v) is 13.1. The highest BCUT2D eigenvalue weighted by Gasteiger charge is 2.23. The van der Waals surface area contributed by atoms with E-state index in [-0.39, 0.29) is 5.82 Å². The highest BCUT2D eigenvalue weighted by atomic mass is 19.1. The molecule has 0 radical (unpaired) electrons. The van der Waals surface area contributed by atoms with Gasteiger partial charge in [-0.15, -0.1) is 0 Å². The van der Waals surface area contributed by atoms with Crippen LogP contribution in [0.15, 0.2) is 18.2 Å². The van der Waals surface area contributed by atoms with Crippen molar-refractivity contribution in [3.05, 3.63) is 29.6 Å².